The average Bonchev–Trinajstić information content (AvgIpc) is 2.44. The summed E-state index contributed by atoms with van der Waals surface area (Å²) in [6, 6.07) is 15.4. The fourth-order valence-corrected chi connectivity index (χ4v) is 2.12. The van der Waals surface area contributed by atoms with Crippen molar-refractivity contribution in [3.05, 3.63) is 59.7 Å². The van der Waals surface area contributed by atoms with Crippen molar-refractivity contribution in [1.29, 1.82) is 0 Å². The molecule has 0 heterocycles. The minimum absolute atomic E-state index is 0.0499. The van der Waals surface area contributed by atoms with Gasteiger partial charge in [-0.2, -0.15) is 0 Å². The standard InChI is InChI=1S/C17H20N2O/c1-2-5-13-8-10-15(11-9-13)19-17(20)12-14-6-3-4-7-16(14)18/h3-4,6-11H,2,5,12,18H2,1H3,(H,19,20). The van der Waals surface area contributed by atoms with Crippen molar-refractivity contribution in [3.8, 4) is 0 Å². The second-order valence-corrected chi connectivity index (χ2v) is 4.87. The Hall–Kier alpha value is -2.29. The molecule has 0 aromatic heterocycles. The number of carbonyl (C=O) groups excluding carboxylic acids is 1. The van der Waals surface area contributed by atoms with E-state index in [4.69, 9.17) is 5.73 Å². The minimum atomic E-state index is -0.0499. The highest BCUT2D eigenvalue weighted by molar-refractivity contribution is 5.92. The van der Waals surface area contributed by atoms with Gasteiger partial charge < -0.3 is 11.1 Å². The van der Waals surface area contributed by atoms with Crippen LogP contribution >= 0.6 is 0 Å². The first-order chi connectivity index (χ1) is 9.69. The van der Waals surface area contributed by atoms with Gasteiger partial charge in [-0.25, -0.2) is 0 Å². The number of nitrogens with two attached hydrogens (primary N) is 1. The highest BCUT2D eigenvalue weighted by Crippen LogP contribution is 2.14. The van der Waals surface area contributed by atoms with Crippen LogP contribution < -0.4 is 11.1 Å². The summed E-state index contributed by atoms with van der Waals surface area (Å²) in [5.74, 6) is -0.0499. The second-order valence-electron chi connectivity index (χ2n) is 4.87. The van der Waals surface area contributed by atoms with Crippen LogP contribution in [-0.4, -0.2) is 5.91 Å². The molecule has 0 aliphatic rings. The van der Waals surface area contributed by atoms with Crippen molar-refractivity contribution >= 4 is 17.3 Å². The summed E-state index contributed by atoms with van der Waals surface area (Å²) in [4.78, 5) is 12.0. The zero-order chi connectivity index (χ0) is 14.4. The average molecular weight is 268 g/mol. The van der Waals surface area contributed by atoms with Gasteiger partial charge in [-0.1, -0.05) is 43.7 Å². The summed E-state index contributed by atoms with van der Waals surface area (Å²) in [6.45, 7) is 2.15. The normalized spacial score (nSPS) is 10.2. The Balaban J connectivity index is 1.96. The van der Waals surface area contributed by atoms with E-state index in [1.165, 1.54) is 5.56 Å². The van der Waals surface area contributed by atoms with E-state index >= 15 is 0 Å². The maximum atomic E-state index is 12.0. The molecule has 2 rings (SSSR count). The number of anilines is 2. The molecule has 0 unspecified atom stereocenters. The van der Waals surface area contributed by atoms with Gasteiger partial charge in [-0.15, -0.1) is 0 Å². The van der Waals surface area contributed by atoms with Gasteiger partial charge in [0.2, 0.25) is 5.91 Å². The lowest BCUT2D eigenvalue weighted by molar-refractivity contribution is -0.115. The Morgan fingerprint density at radius 2 is 1.80 bits per heavy atom. The molecule has 104 valence electrons. The summed E-state index contributed by atoms with van der Waals surface area (Å²) in [5.41, 5.74) is 9.46. The molecule has 0 saturated carbocycles. The number of hydrogen-bond donors (Lipinski definition) is 2. The Labute approximate surface area is 119 Å². The summed E-state index contributed by atoms with van der Waals surface area (Å²) in [6.07, 6.45) is 2.48. The van der Waals surface area contributed by atoms with Crippen LogP contribution in [0.1, 0.15) is 24.5 Å². The highest BCUT2D eigenvalue weighted by Gasteiger charge is 2.06. The molecule has 0 saturated heterocycles. The molecule has 0 aliphatic heterocycles. The van der Waals surface area contributed by atoms with Gasteiger partial charge in [0.25, 0.3) is 0 Å². The number of aryl methyl sites for hydroxylation is 1. The summed E-state index contributed by atoms with van der Waals surface area (Å²) < 4.78 is 0. The molecule has 0 radical (unpaired) electrons. The van der Waals surface area contributed by atoms with Crippen molar-refractivity contribution in [2.45, 2.75) is 26.2 Å². The SMILES string of the molecule is CCCc1ccc(NC(=O)Cc2ccccc2N)cc1. The Morgan fingerprint density at radius 1 is 1.10 bits per heavy atom. The first-order valence-electron chi connectivity index (χ1n) is 6.91. The number of para-hydroxylation sites is 1. The van der Waals surface area contributed by atoms with E-state index in [1.54, 1.807) is 0 Å². The Bertz CT molecular complexity index is 576. The first kappa shape index (κ1) is 14.1. The van der Waals surface area contributed by atoms with Crippen molar-refractivity contribution in [2.24, 2.45) is 0 Å². The Morgan fingerprint density at radius 3 is 2.45 bits per heavy atom. The molecule has 0 spiro atoms. The largest absolute Gasteiger partial charge is 0.398 e. The molecule has 0 atom stereocenters. The zero-order valence-electron chi connectivity index (χ0n) is 11.7. The number of amides is 1. The van der Waals surface area contributed by atoms with E-state index in [0.29, 0.717) is 12.1 Å². The van der Waals surface area contributed by atoms with E-state index in [0.717, 1.165) is 24.1 Å². The van der Waals surface area contributed by atoms with Gasteiger partial charge in [0, 0.05) is 11.4 Å². The molecule has 2 aromatic rings. The molecule has 3 heteroatoms. The number of carbonyl (C=O) groups is 1. The molecular weight excluding hydrogens is 248 g/mol. The maximum Gasteiger partial charge on any atom is 0.228 e. The lowest BCUT2D eigenvalue weighted by atomic mass is 10.1. The van der Waals surface area contributed by atoms with Gasteiger partial charge in [0.05, 0.1) is 6.42 Å². The van der Waals surface area contributed by atoms with Crippen LogP contribution in [0.25, 0.3) is 0 Å². The molecular formula is C17H20N2O. The van der Waals surface area contributed by atoms with Crippen molar-refractivity contribution in [2.75, 3.05) is 11.1 Å². The number of hydrogen-bond acceptors (Lipinski definition) is 2. The molecule has 3 nitrogen and oxygen atoms in total. The van der Waals surface area contributed by atoms with E-state index in [9.17, 15) is 4.79 Å². The van der Waals surface area contributed by atoms with Crippen LogP contribution in [-0.2, 0) is 17.6 Å². The first-order valence-corrected chi connectivity index (χ1v) is 6.91. The molecule has 3 N–H and O–H groups in total. The number of benzene rings is 2. The third kappa shape index (κ3) is 3.85. The van der Waals surface area contributed by atoms with Crippen molar-refractivity contribution < 1.29 is 4.79 Å². The molecule has 0 aliphatic carbocycles. The second kappa shape index (κ2) is 6.75. The molecule has 20 heavy (non-hydrogen) atoms. The van der Waals surface area contributed by atoms with E-state index in [2.05, 4.69) is 24.4 Å². The van der Waals surface area contributed by atoms with Crippen molar-refractivity contribution in [1.82, 2.24) is 0 Å². The predicted octanol–water partition coefficient (Wildman–Crippen LogP) is 3.40. The zero-order valence-corrected chi connectivity index (χ0v) is 11.7. The smallest absolute Gasteiger partial charge is 0.228 e. The van der Waals surface area contributed by atoms with Crippen LogP contribution in [0.15, 0.2) is 48.5 Å². The van der Waals surface area contributed by atoms with Crippen LogP contribution in [0, 0.1) is 0 Å². The number of nitrogen functional groups attached to an aromatic ring is 1. The number of rotatable bonds is 5. The van der Waals surface area contributed by atoms with Gasteiger partial charge in [0.15, 0.2) is 0 Å². The third-order valence-electron chi connectivity index (χ3n) is 3.18. The topological polar surface area (TPSA) is 55.1 Å². The van der Waals surface area contributed by atoms with Crippen LogP contribution in [0.3, 0.4) is 0 Å². The van der Waals surface area contributed by atoms with Gasteiger partial charge in [0.1, 0.15) is 0 Å². The third-order valence-corrected chi connectivity index (χ3v) is 3.18. The minimum Gasteiger partial charge on any atom is -0.398 e. The lowest BCUT2D eigenvalue weighted by Crippen LogP contribution is -2.15. The summed E-state index contributed by atoms with van der Waals surface area (Å²) in [7, 11) is 0. The van der Waals surface area contributed by atoms with Gasteiger partial charge in [-0.05, 0) is 35.7 Å². The highest BCUT2D eigenvalue weighted by atomic mass is 16.1. The van der Waals surface area contributed by atoms with E-state index in [1.807, 2.05) is 36.4 Å². The molecule has 0 bridgehead atoms. The fourth-order valence-electron chi connectivity index (χ4n) is 2.12. The Kier molecular flexibility index (Phi) is 4.77. The number of nitrogens with one attached hydrogen (secondary N) is 1. The summed E-state index contributed by atoms with van der Waals surface area (Å²) in [5, 5.41) is 2.89. The monoisotopic (exact) mass is 268 g/mol. The van der Waals surface area contributed by atoms with Gasteiger partial charge >= 0.3 is 0 Å². The predicted molar refractivity (Wildman–Crippen MR) is 83.6 cm³/mol. The fraction of sp³-hybridized carbons (Fsp3) is 0.235. The molecule has 1 amide bonds. The van der Waals surface area contributed by atoms with Crippen LogP contribution in [0.4, 0.5) is 11.4 Å². The summed E-state index contributed by atoms with van der Waals surface area (Å²) >= 11 is 0. The van der Waals surface area contributed by atoms with Gasteiger partial charge in [-0.3, -0.25) is 4.79 Å². The van der Waals surface area contributed by atoms with Crippen LogP contribution in [0.2, 0.25) is 0 Å². The van der Waals surface area contributed by atoms with E-state index in [-0.39, 0.29) is 5.91 Å². The molecule has 2 aromatic carbocycles. The van der Waals surface area contributed by atoms with E-state index < -0.39 is 0 Å². The van der Waals surface area contributed by atoms with Crippen molar-refractivity contribution in [3.63, 3.8) is 0 Å². The maximum absolute atomic E-state index is 12.0. The lowest BCUT2D eigenvalue weighted by Gasteiger charge is -2.08. The molecule has 0 fully saturated rings. The van der Waals surface area contributed by atoms with Crippen LogP contribution in [0.5, 0.6) is 0 Å². The quantitative estimate of drug-likeness (QED) is 0.816.